The van der Waals surface area contributed by atoms with E-state index < -0.39 is 17.3 Å². The molecule has 84 valence electrons. The summed E-state index contributed by atoms with van der Waals surface area (Å²) in [6.45, 7) is 5.19. The number of amides is 1. The van der Waals surface area contributed by atoms with Crippen LogP contribution in [0, 0.1) is 0 Å². The van der Waals surface area contributed by atoms with Gasteiger partial charge in [-0.15, -0.1) is 5.10 Å². The Morgan fingerprint density at radius 2 is 2.13 bits per heavy atom. The molecule has 1 rings (SSSR count). The van der Waals surface area contributed by atoms with Crippen molar-refractivity contribution in [1.29, 1.82) is 0 Å². The highest BCUT2D eigenvalue weighted by Crippen LogP contribution is 2.07. The summed E-state index contributed by atoms with van der Waals surface area (Å²) >= 11 is 0. The van der Waals surface area contributed by atoms with E-state index in [0.717, 1.165) is 0 Å². The predicted molar refractivity (Wildman–Crippen MR) is 53.7 cm³/mol. The van der Waals surface area contributed by atoms with Gasteiger partial charge in [0.1, 0.15) is 5.60 Å². The zero-order valence-electron chi connectivity index (χ0n) is 9.12. The molecule has 0 aliphatic carbocycles. The van der Waals surface area contributed by atoms with Crippen LogP contribution in [0.3, 0.4) is 0 Å². The van der Waals surface area contributed by atoms with E-state index in [1.807, 2.05) is 0 Å². The van der Waals surface area contributed by atoms with Crippen molar-refractivity contribution in [2.75, 3.05) is 5.32 Å². The fourth-order valence-electron chi connectivity index (χ4n) is 0.902. The molecule has 15 heavy (non-hydrogen) atoms. The van der Waals surface area contributed by atoms with Gasteiger partial charge in [-0.05, 0) is 20.8 Å². The molecule has 0 bridgehead atoms. The molecule has 7 heteroatoms. The Balaban J connectivity index is 2.67. The molecular formula is C8H14N4O3. The summed E-state index contributed by atoms with van der Waals surface area (Å²) in [7, 11) is 1.54. The Morgan fingerprint density at radius 1 is 1.53 bits per heavy atom. The van der Waals surface area contributed by atoms with Gasteiger partial charge in [-0.2, -0.15) is 0 Å². The molecule has 7 nitrogen and oxygen atoms in total. The highest BCUT2D eigenvalue weighted by molar-refractivity contribution is 5.83. The molecule has 0 fully saturated rings. The average Bonchev–Trinajstić information content (AvgIpc) is 2.25. The lowest BCUT2D eigenvalue weighted by Gasteiger charge is -2.18. The average molecular weight is 214 g/mol. The van der Waals surface area contributed by atoms with E-state index in [-0.39, 0.29) is 5.82 Å². The van der Waals surface area contributed by atoms with Gasteiger partial charge in [0.25, 0.3) is 0 Å². The number of carbonyl (C=O) groups excluding carboxylic acids is 1. The molecule has 0 saturated heterocycles. The maximum atomic E-state index is 11.3. The van der Waals surface area contributed by atoms with Gasteiger partial charge in [0.15, 0.2) is 0 Å². The van der Waals surface area contributed by atoms with E-state index in [1.54, 1.807) is 27.8 Å². The second-order valence-electron chi connectivity index (χ2n) is 4.04. The molecule has 1 amide bonds. The smallest absolute Gasteiger partial charge is 0.413 e. The van der Waals surface area contributed by atoms with Crippen LogP contribution in [0.15, 0.2) is 4.79 Å². The standard InChI is InChI=1S/C8H14N4O3/c1-8(2,3)15-7(14)9-5-6(13)11-12(4)10-5/h1-4H3,(H,11,13)(H,9,10,14). The van der Waals surface area contributed by atoms with Gasteiger partial charge in [-0.3, -0.25) is 10.1 Å². The van der Waals surface area contributed by atoms with E-state index in [0.29, 0.717) is 0 Å². The summed E-state index contributed by atoms with van der Waals surface area (Å²) in [6.07, 6.45) is -0.702. The molecule has 1 aromatic heterocycles. The summed E-state index contributed by atoms with van der Waals surface area (Å²) < 4.78 is 4.95. The van der Waals surface area contributed by atoms with Gasteiger partial charge in [0.2, 0.25) is 5.82 Å². The van der Waals surface area contributed by atoms with Crippen LogP contribution >= 0.6 is 0 Å². The third-order valence-electron chi connectivity index (χ3n) is 1.35. The number of rotatable bonds is 1. The lowest BCUT2D eigenvalue weighted by atomic mass is 10.2. The molecule has 0 spiro atoms. The molecule has 1 heterocycles. The van der Waals surface area contributed by atoms with Crippen molar-refractivity contribution < 1.29 is 9.53 Å². The molecule has 0 unspecified atom stereocenters. The maximum Gasteiger partial charge on any atom is 0.413 e. The highest BCUT2D eigenvalue weighted by Gasteiger charge is 2.18. The van der Waals surface area contributed by atoms with Gasteiger partial charge in [0, 0.05) is 7.05 Å². The molecule has 0 radical (unpaired) electrons. The first-order valence-corrected chi connectivity index (χ1v) is 4.41. The van der Waals surface area contributed by atoms with Crippen LogP contribution in [-0.4, -0.2) is 26.7 Å². The van der Waals surface area contributed by atoms with Gasteiger partial charge >= 0.3 is 11.7 Å². The van der Waals surface area contributed by atoms with Crippen LogP contribution in [0.5, 0.6) is 0 Å². The largest absolute Gasteiger partial charge is 0.444 e. The van der Waals surface area contributed by atoms with Crippen LogP contribution in [-0.2, 0) is 11.8 Å². The molecule has 0 atom stereocenters. The first-order chi connectivity index (χ1) is 6.78. The van der Waals surface area contributed by atoms with Gasteiger partial charge < -0.3 is 4.74 Å². The fraction of sp³-hybridized carbons (Fsp3) is 0.625. The number of aromatic amines is 1. The zero-order valence-corrected chi connectivity index (χ0v) is 9.12. The number of hydrogen-bond donors (Lipinski definition) is 2. The van der Waals surface area contributed by atoms with E-state index in [4.69, 9.17) is 4.74 Å². The van der Waals surface area contributed by atoms with Crippen LogP contribution in [0.25, 0.3) is 0 Å². The van der Waals surface area contributed by atoms with Crippen LogP contribution < -0.4 is 10.9 Å². The minimum Gasteiger partial charge on any atom is -0.444 e. The Hall–Kier alpha value is -1.79. The van der Waals surface area contributed by atoms with Gasteiger partial charge in [0.05, 0.1) is 0 Å². The number of hydrogen-bond acceptors (Lipinski definition) is 4. The monoisotopic (exact) mass is 214 g/mol. The molecule has 1 aromatic rings. The summed E-state index contributed by atoms with van der Waals surface area (Å²) in [5.41, 5.74) is -1.07. The summed E-state index contributed by atoms with van der Waals surface area (Å²) in [6, 6.07) is 0. The molecule has 0 saturated carbocycles. The first-order valence-electron chi connectivity index (χ1n) is 4.41. The number of ether oxygens (including phenoxy) is 1. The Kier molecular flexibility index (Phi) is 2.83. The lowest BCUT2D eigenvalue weighted by molar-refractivity contribution is 0.0635. The topological polar surface area (TPSA) is 89.0 Å². The second-order valence-corrected chi connectivity index (χ2v) is 4.04. The number of nitrogens with zero attached hydrogens (tertiary/aromatic N) is 2. The second kappa shape index (κ2) is 3.76. The SMILES string of the molecule is Cn1nc(NC(=O)OC(C)(C)C)c(=O)[nH]1. The van der Waals surface area contributed by atoms with E-state index in [1.165, 1.54) is 4.80 Å². The van der Waals surface area contributed by atoms with Gasteiger partial charge in [-0.25, -0.2) is 14.7 Å². The van der Waals surface area contributed by atoms with E-state index in [2.05, 4.69) is 15.5 Å². The highest BCUT2D eigenvalue weighted by atomic mass is 16.6. The molecule has 0 aliphatic rings. The van der Waals surface area contributed by atoms with Gasteiger partial charge in [-0.1, -0.05) is 0 Å². The molecule has 0 aliphatic heterocycles. The fourth-order valence-corrected chi connectivity index (χ4v) is 0.902. The Bertz CT molecular complexity index is 412. The minimum absolute atomic E-state index is 0.0771. The zero-order chi connectivity index (χ0) is 11.6. The third kappa shape index (κ3) is 3.45. The number of anilines is 1. The molecule has 0 aromatic carbocycles. The van der Waals surface area contributed by atoms with E-state index in [9.17, 15) is 9.59 Å². The Morgan fingerprint density at radius 3 is 2.53 bits per heavy atom. The molecular weight excluding hydrogens is 200 g/mol. The number of nitrogens with one attached hydrogen (secondary N) is 2. The number of H-pyrrole nitrogens is 1. The number of aromatic nitrogens is 3. The first kappa shape index (κ1) is 11.3. The van der Waals surface area contributed by atoms with Crippen molar-refractivity contribution in [3.05, 3.63) is 10.4 Å². The van der Waals surface area contributed by atoms with Crippen molar-refractivity contribution in [1.82, 2.24) is 15.0 Å². The summed E-state index contributed by atoms with van der Waals surface area (Å²) in [5, 5.41) is 8.32. The van der Waals surface area contributed by atoms with Crippen LogP contribution in [0.1, 0.15) is 20.8 Å². The quantitative estimate of drug-likeness (QED) is 0.710. The van der Waals surface area contributed by atoms with E-state index >= 15 is 0 Å². The number of carbonyl (C=O) groups is 1. The van der Waals surface area contributed by atoms with Crippen molar-refractivity contribution >= 4 is 11.9 Å². The van der Waals surface area contributed by atoms with Crippen molar-refractivity contribution in [2.24, 2.45) is 7.05 Å². The van der Waals surface area contributed by atoms with Crippen LogP contribution in [0.2, 0.25) is 0 Å². The third-order valence-corrected chi connectivity index (χ3v) is 1.35. The normalized spacial score (nSPS) is 11.2. The number of aryl methyl sites for hydroxylation is 1. The summed E-state index contributed by atoms with van der Waals surface area (Å²) in [4.78, 5) is 23.6. The van der Waals surface area contributed by atoms with Crippen molar-refractivity contribution in [2.45, 2.75) is 26.4 Å². The molecule has 2 N–H and O–H groups in total. The predicted octanol–water partition coefficient (Wildman–Crippen LogP) is 0.455. The van der Waals surface area contributed by atoms with Crippen molar-refractivity contribution in [3.8, 4) is 0 Å². The Labute approximate surface area is 86.4 Å². The summed E-state index contributed by atoms with van der Waals surface area (Å²) in [5.74, 6) is -0.0771. The van der Waals surface area contributed by atoms with Crippen molar-refractivity contribution in [3.63, 3.8) is 0 Å². The maximum absolute atomic E-state index is 11.3. The van der Waals surface area contributed by atoms with Crippen LogP contribution in [0.4, 0.5) is 10.6 Å². The lowest BCUT2D eigenvalue weighted by Crippen LogP contribution is -2.28. The minimum atomic E-state index is -0.702.